The molecular weight excluding hydrogens is 774 g/mol. The zero-order chi connectivity index (χ0) is 42.3. The largest absolute Gasteiger partial charge is 0.472 e. The molecule has 0 aliphatic carbocycles. The molecule has 57 heavy (non-hydrogen) atoms. The second-order valence-corrected chi connectivity index (χ2v) is 16.9. The van der Waals surface area contributed by atoms with Crippen molar-refractivity contribution >= 4 is 27.6 Å². The predicted molar refractivity (Wildman–Crippen MR) is 225 cm³/mol. The number of aliphatic hydroxyl groups is 1. The highest BCUT2D eigenvalue weighted by Gasteiger charge is 2.28. The van der Waals surface area contributed by atoms with Gasteiger partial charge in [0.25, 0.3) is 0 Å². The highest BCUT2D eigenvalue weighted by atomic mass is 31.2. The molecule has 0 aromatic rings. The van der Waals surface area contributed by atoms with E-state index in [9.17, 15) is 28.7 Å². The van der Waals surface area contributed by atoms with Crippen LogP contribution in [0, 0.1) is 0 Å². The third kappa shape index (κ3) is 42.0. The first-order valence-electron chi connectivity index (χ1n) is 21.3. The van der Waals surface area contributed by atoms with E-state index < -0.39 is 66.2 Å². The van der Waals surface area contributed by atoms with E-state index in [1.165, 1.54) is 38.5 Å². The molecule has 0 spiro atoms. The van der Waals surface area contributed by atoms with Gasteiger partial charge in [-0.3, -0.25) is 23.2 Å². The summed E-state index contributed by atoms with van der Waals surface area (Å²) in [7, 11) is -9.68. The molecule has 0 amide bonds. The number of allylic oxidation sites excluding steroid dienone is 8. The molecule has 13 nitrogen and oxygen atoms in total. The number of phosphoric acid groups is 2. The minimum Gasteiger partial charge on any atom is -0.462 e. The van der Waals surface area contributed by atoms with Crippen molar-refractivity contribution in [2.45, 2.75) is 180 Å². The molecule has 0 aliphatic heterocycles. The molecule has 0 fully saturated rings. The number of phosphoric ester groups is 2. The maximum Gasteiger partial charge on any atom is 0.472 e. The maximum atomic E-state index is 12.6. The van der Waals surface area contributed by atoms with Crippen molar-refractivity contribution in [3.8, 4) is 0 Å². The number of carbonyl (C=O) groups is 2. The summed E-state index contributed by atoms with van der Waals surface area (Å²) in [6.07, 6.45) is 38.1. The number of carbonyl (C=O) groups excluding carboxylic acids is 2. The third-order valence-electron chi connectivity index (χ3n) is 8.68. The fourth-order valence-electron chi connectivity index (χ4n) is 5.41. The van der Waals surface area contributed by atoms with Gasteiger partial charge in [-0.05, 0) is 77.0 Å². The Hall–Kier alpha value is -1.92. The molecule has 0 aliphatic rings. The second kappa shape index (κ2) is 38.3. The Morgan fingerprint density at radius 1 is 0.509 bits per heavy atom. The van der Waals surface area contributed by atoms with Gasteiger partial charge in [-0.25, -0.2) is 9.13 Å². The van der Waals surface area contributed by atoms with Crippen LogP contribution in [-0.2, 0) is 41.8 Å². The lowest BCUT2D eigenvalue weighted by Gasteiger charge is -2.20. The van der Waals surface area contributed by atoms with E-state index in [0.29, 0.717) is 12.8 Å². The summed E-state index contributed by atoms with van der Waals surface area (Å²) in [6.45, 7) is 1.67. The summed E-state index contributed by atoms with van der Waals surface area (Å²) in [4.78, 5) is 52.6. The van der Waals surface area contributed by atoms with Crippen molar-refractivity contribution in [3.05, 3.63) is 48.6 Å². The van der Waals surface area contributed by atoms with E-state index >= 15 is 0 Å². The van der Waals surface area contributed by atoms with Crippen molar-refractivity contribution in [1.29, 1.82) is 0 Å². The van der Waals surface area contributed by atoms with Crippen LogP contribution >= 0.6 is 15.6 Å². The second-order valence-electron chi connectivity index (χ2n) is 14.3. The lowest BCUT2D eigenvalue weighted by atomic mass is 10.1. The summed E-state index contributed by atoms with van der Waals surface area (Å²) in [6, 6.07) is 0. The first kappa shape index (κ1) is 55.1. The summed E-state index contributed by atoms with van der Waals surface area (Å²) >= 11 is 0. The Balaban J connectivity index is 4.58. The fraction of sp³-hybridized carbons (Fsp3) is 0.762. The van der Waals surface area contributed by atoms with Crippen LogP contribution in [0.1, 0.15) is 168 Å². The van der Waals surface area contributed by atoms with Gasteiger partial charge in [0.05, 0.1) is 19.8 Å². The number of aliphatic hydroxyl groups excluding tert-OH is 1. The van der Waals surface area contributed by atoms with Crippen LogP contribution in [0.3, 0.4) is 0 Å². The molecule has 15 heteroatoms. The number of rotatable bonds is 40. The monoisotopic (exact) mass is 850 g/mol. The molecule has 0 radical (unpaired) electrons. The highest BCUT2D eigenvalue weighted by molar-refractivity contribution is 7.47. The fourth-order valence-corrected chi connectivity index (χ4v) is 6.56. The van der Waals surface area contributed by atoms with E-state index in [-0.39, 0.29) is 12.8 Å². The molecule has 1 unspecified atom stereocenters. The van der Waals surface area contributed by atoms with Gasteiger partial charge in [-0.2, -0.15) is 0 Å². The molecule has 0 aromatic carbocycles. The molecule has 332 valence electrons. The number of unbranched alkanes of at least 4 members (excludes halogenated alkanes) is 16. The smallest absolute Gasteiger partial charge is 0.462 e. The van der Waals surface area contributed by atoms with Crippen molar-refractivity contribution in [1.82, 2.24) is 0 Å². The van der Waals surface area contributed by atoms with Crippen LogP contribution in [0.5, 0.6) is 0 Å². The highest BCUT2D eigenvalue weighted by Crippen LogP contribution is 2.43. The number of esters is 2. The van der Waals surface area contributed by atoms with Crippen LogP contribution < -0.4 is 0 Å². The van der Waals surface area contributed by atoms with E-state index in [1.807, 2.05) is 0 Å². The van der Waals surface area contributed by atoms with Gasteiger partial charge in [-0.1, -0.05) is 127 Å². The molecule has 3 atom stereocenters. The molecule has 0 saturated heterocycles. The Labute approximate surface area is 343 Å². The number of hydrogen-bond donors (Lipinski definition) is 4. The first-order valence-corrected chi connectivity index (χ1v) is 24.4. The Bertz CT molecular complexity index is 1200. The Morgan fingerprint density at radius 2 is 0.912 bits per heavy atom. The lowest BCUT2D eigenvalue weighted by Crippen LogP contribution is -2.30. The van der Waals surface area contributed by atoms with Gasteiger partial charge in [0.1, 0.15) is 12.7 Å². The van der Waals surface area contributed by atoms with E-state index in [1.54, 1.807) is 0 Å². The van der Waals surface area contributed by atoms with Crippen LogP contribution in [0.15, 0.2) is 48.6 Å². The van der Waals surface area contributed by atoms with Crippen LogP contribution in [0.25, 0.3) is 0 Å². The van der Waals surface area contributed by atoms with Gasteiger partial charge in [0.2, 0.25) is 0 Å². The Morgan fingerprint density at radius 3 is 1.39 bits per heavy atom. The molecule has 0 bridgehead atoms. The van der Waals surface area contributed by atoms with Gasteiger partial charge in [-0.15, -0.1) is 0 Å². The van der Waals surface area contributed by atoms with E-state index in [2.05, 4.69) is 71.5 Å². The first-order chi connectivity index (χ1) is 27.4. The van der Waals surface area contributed by atoms with Crippen LogP contribution in [-0.4, -0.2) is 70.4 Å². The van der Waals surface area contributed by atoms with Gasteiger partial charge in [0, 0.05) is 12.8 Å². The molecule has 0 rings (SSSR count). The topological polar surface area (TPSA) is 195 Å². The quantitative estimate of drug-likeness (QED) is 0.0197. The standard InChI is InChI=1S/C42H76O13P2/c1-3-5-7-9-11-13-15-17-19-21-23-25-27-29-31-33-41(44)51-37-40(38-54-57(49,50)53-36-39(43)35-52-56(46,47)48)55-42(45)34-32-30-28-26-24-22-20-18-16-14-12-10-8-6-4-2/h11-14,17-20,39-40,43H,3-10,15-16,21-38H2,1-2H3,(H,49,50)(H2,46,47,48)/b13-11-,14-12-,19-17-,20-18-/t39-,40+/m0/s1. The van der Waals surface area contributed by atoms with Crippen molar-refractivity contribution in [2.24, 2.45) is 0 Å². The number of hydrogen-bond acceptors (Lipinski definition) is 10. The van der Waals surface area contributed by atoms with Gasteiger partial charge in [0.15, 0.2) is 6.10 Å². The molecule has 0 heterocycles. The molecule has 0 aromatic heterocycles. The third-order valence-corrected chi connectivity index (χ3v) is 10.1. The van der Waals surface area contributed by atoms with Gasteiger partial charge < -0.3 is 29.3 Å². The summed E-state index contributed by atoms with van der Waals surface area (Å²) < 4.78 is 47.7. The zero-order valence-corrected chi connectivity index (χ0v) is 36.7. The van der Waals surface area contributed by atoms with Gasteiger partial charge >= 0.3 is 27.6 Å². The lowest BCUT2D eigenvalue weighted by molar-refractivity contribution is -0.161. The van der Waals surface area contributed by atoms with Crippen molar-refractivity contribution < 1.29 is 61.6 Å². The Kier molecular flexibility index (Phi) is 37.0. The zero-order valence-electron chi connectivity index (χ0n) is 34.9. The summed E-state index contributed by atoms with van der Waals surface area (Å²) in [5.41, 5.74) is 0. The predicted octanol–water partition coefficient (Wildman–Crippen LogP) is 10.7. The summed E-state index contributed by atoms with van der Waals surface area (Å²) in [5, 5.41) is 9.74. The van der Waals surface area contributed by atoms with E-state index in [4.69, 9.17) is 23.8 Å². The van der Waals surface area contributed by atoms with Crippen molar-refractivity contribution in [2.75, 3.05) is 26.4 Å². The summed E-state index contributed by atoms with van der Waals surface area (Å²) in [5.74, 6) is -1.06. The normalized spacial score (nSPS) is 14.6. The van der Waals surface area contributed by atoms with Crippen LogP contribution in [0.2, 0.25) is 0 Å². The maximum absolute atomic E-state index is 12.6. The van der Waals surface area contributed by atoms with E-state index in [0.717, 1.165) is 89.9 Å². The minimum atomic E-state index is -4.86. The average molecular weight is 851 g/mol. The SMILES string of the molecule is CCCCC/C=C\C/C=C\CCCCCCCC(=O)OC[C@H](COP(=O)(O)OC[C@@H](O)COP(=O)(O)O)OC(=O)CCCCCCC/C=C\C/C=C\CCCCC. The molecule has 4 N–H and O–H groups in total. The molecule has 0 saturated carbocycles. The minimum absolute atomic E-state index is 0.111. The van der Waals surface area contributed by atoms with Crippen molar-refractivity contribution in [3.63, 3.8) is 0 Å². The molecular formula is C42H76O13P2. The average Bonchev–Trinajstić information content (AvgIpc) is 3.17. The number of ether oxygens (including phenoxy) is 2. The van der Waals surface area contributed by atoms with Crippen LogP contribution in [0.4, 0.5) is 0 Å².